The first kappa shape index (κ1) is 13.5. The first-order chi connectivity index (χ1) is 10.1. The molecule has 2 aromatic rings. The summed E-state index contributed by atoms with van der Waals surface area (Å²) in [6, 6.07) is 10.8. The van der Waals surface area contributed by atoms with E-state index in [2.05, 4.69) is 10.4 Å². The van der Waals surface area contributed by atoms with Gasteiger partial charge in [0, 0.05) is 17.7 Å². The number of benzene rings is 1. The number of aryl methyl sites for hydroxylation is 1. The van der Waals surface area contributed by atoms with E-state index in [1.807, 2.05) is 31.2 Å². The third-order valence-corrected chi connectivity index (χ3v) is 3.60. The summed E-state index contributed by atoms with van der Waals surface area (Å²) >= 11 is 0. The van der Waals surface area contributed by atoms with Crippen molar-refractivity contribution in [2.24, 2.45) is 0 Å². The van der Waals surface area contributed by atoms with Gasteiger partial charge in [-0.2, -0.15) is 5.10 Å². The van der Waals surface area contributed by atoms with Gasteiger partial charge >= 0.3 is 0 Å². The molecular formula is C16H17N3O2. The lowest BCUT2D eigenvalue weighted by Gasteiger charge is -2.09. The smallest absolute Gasteiger partial charge is 0.267 e. The average Bonchev–Trinajstić information content (AvgIpc) is 3.28. The maximum absolute atomic E-state index is 12.1. The zero-order valence-electron chi connectivity index (χ0n) is 11.9. The zero-order chi connectivity index (χ0) is 14.8. The van der Waals surface area contributed by atoms with Crippen molar-refractivity contribution in [1.82, 2.24) is 9.78 Å². The van der Waals surface area contributed by atoms with Crippen LogP contribution in [0.5, 0.6) is 0 Å². The molecule has 0 radical (unpaired) electrons. The molecule has 0 unspecified atom stereocenters. The quantitative estimate of drug-likeness (QED) is 0.934. The van der Waals surface area contributed by atoms with Gasteiger partial charge in [0.2, 0.25) is 5.91 Å². The highest BCUT2D eigenvalue weighted by atomic mass is 16.2. The van der Waals surface area contributed by atoms with Gasteiger partial charge < -0.3 is 5.32 Å². The van der Waals surface area contributed by atoms with Crippen LogP contribution in [0, 0.1) is 6.92 Å². The molecule has 0 saturated heterocycles. The fourth-order valence-corrected chi connectivity index (χ4v) is 2.21. The average molecular weight is 283 g/mol. The molecule has 1 fully saturated rings. The number of para-hydroxylation sites is 1. The first-order valence-electron chi connectivity index (χ1n) is 7.07. The summed E-state index contributed by atoms with van der Waals surface area (Å²) in [6.07, 6.45) is 2.22. The van der Waals surface area contributed by atoms with Gasteiger partial charge in [0.05, 0.1) is 5.69 Å². The van der Waals surface area contributed by atoms with Crippen LogP contribution in [0.25, 0.3) is 0 Å². The molecule has 1 amide bonds. The Kier molecular flexibility index (Phi) is 3.56. The molecule has 108 valence electrons. The number of hydrogen-bond acceptors (Lipinski definition) is 3. The Bertz CT molecular complexity index is 732. The lowest BCUT2D eigenvalue weighted by atomic mass is 10.2. The van der Waals surface area contributed by atoms with E-state index in [4.69, 9.17) is 0 Å². The Balaban J connectivity index is 1.74. The molecule has 1 aliphatic rings. The Hall–Kier alpha value is -2.43. The van der Waals surface area contributed by atoms with Gasteiger partial charge in [0.15, 0.2) is 0 Å². The standard InChI is InChI=1S/C16H17N3O2/c1-11-4-2-3-5-13(11)17-15(20)10-19-16(21)9-8-14(18-19)12-6-7-12/h2-5,8-9,12H,6-7,10H2,1H3,(H,17,20). The highest BCUT2D eigenvalue weighted by molar-refractivity contribution is 5.91. The van der Waals surface area contributed by atoms with E-state index in [9.17, 15) is 9.59 Å². The molecule has 0 bridgehead atoms. The molecule has 1 aromatic carbocycles. The minimum Gasteiger partial charge on any atom is -0.324 e. The topological polar surface area (TPSA) is 64.0 Å². The number of carbonyl (C=O) groups excluding carboxylic acids is 1. The minimum atomic E-state index is -0.251. The molecule has 5 nitrogen and oxygen atoms in total. The summed E-state index contributed by atoms with van der Waals surface area (Å²) in [4.78, 5) is 23.9. The van der Waals surface area contributed by atoms with Crippen LogP contribution in [0.3, 0.4) is 0 Å². The predicted molar refractivity (Wildman–Crippen MR) is 80.3 cm³/mol. The molecule has 1 heterocycles. The second-order valence-corrected chi connectivity index (χ2v) is 5.39. The van der Waals surface area contributed by atoms with Gasteiger partial charge in [0.25, 0.3) is 5.56 Å². The van der Waals surface area contributed by atoms with E-state index in [-0.39, 0.29) is 18.0 Å². The molecule has 0 spiro atoms. The molecule has 1 saturated carbocycles. The minimum absolute atomic E-state index is 0.0618. The Morgan fingerprint density at radius 2 is 2.05 bits per heavy atom. The summed E-state index contributed by atoms with van der Waals surface area (Å²) in [6.45, 7) is 1.86. The summed E-state index contributed by atoms with van der Waals surface area (Å²) in [7, 11) is 0. The Morgan fingerprint density at radius 1 is 1.29 bits per heavy atom. The molecule has 0 aliphatic heterocycles. The van der Waals surface area contributed by atoms with Gasteiger partial charge in [0.1, 0.15) is 6.54 Å². The third-order valence-electron chi connectivity index (χ3n) is 3.60. The van der Waals surface area contributed by atoms with Crippen LogP contribution in [0.4, 0.5) is 5.69 Å². The summed E-state index contributed by atoms with van der Waals surface area (Å²) < 4.78 is 1.24. The number of anilines is 1. The van der Waals surface area contributed by atoms with Gasteiger partial charge in [-0.1, -0.05) is 18.2 Å². The summed E-state index contributed by atoms with van der Waals surface area (Å²) in [5, 5.41) is 7.09. The van der Waals surface area contributed by atoms with Gasteiger partial charge in [-0.15, -0.1) is 0 Å². The van der Waals surface area contributed by atoms with Gasteiger partial charge in [-0.3, -0.25) is 9.59 Å². The molecule has 5 heteroatoms. The van der Waals surface area contributed by atoms with Crippen LogP contribution in [-0.2, 0) is 11.3 Å². The Morgan fingerprint density at radius 3 is 2.76 bits per heavy atom. The normalized spacial score (nSPS) is 14.0. The fourth-order valence-electron chi connectivity index (χ4n) is 2.21. The number of aromatic nitrogens is 2. The largest absolute Gasteiger partial charge is 0.324 e. The predicted octanol–water partition coefficient (Wildman–Crippen LogP) is 2.07. The van der Waals surface area contributed by atoms with E-state index in [0.717, 1.165) is 29.8 Å². The fraction of sp³-hybridized carbons (Fsp3) is 0.312. The third kappa shape index (κ3) is 3.18. The lowest BCUT2D eigenvalue weighted by molar-refractivity contribution is -0.117. The number of hydrogen-bond donors (Lipinski definition) is 1. The van der Waals surface area contributed by atoms with Crippen molar-refractivity contribution in [3.05, 3.63) is 58.0 Å². The maximum Gasteiger partial charge on any atom is 0.267 e. The SMILES string of the molecule is Cc1ccccc1NC(=O)Cn1nc(C2CC2)ccc1=O. The number of nitrogens with one attached hydrogen (secondary N) is 1. The molecule has 21 heavy (non-hydrogen) atoms. The maximum atomic E-state index is 12.1. The summed E-state index contributed by atoms with van der Waals surface area (Å²) in [5.41, 5.74) is 2.39. The van der Waals surface area contributed by atoms with Crippen molar-refractivity contribution in [2.75, 3.05) is 5.32 Å². The van der Waals surface area contributed by atoms with Crippen LogP contribution in [0.1, 0.15) is 30.0 Å². The number of rotatable bonds is 4. The monoisotopic (exact) mass is 283 g/mol. The second kappa shape index (κ2) is 5.52. The number of carbonyl (C=O) groups is 1. The van der Waals surface area contributed by atoms with Crippen molar-refractivity contribution >= 4 is 11.6 Å². The molecule has 1 aromatic heterocycles. The van der Waals surface area contributed by atoms with Gasteiger partial charge in [-0.05, 0) is 37.5 Å². The Labute approximate surface area is 122 Å². The molecular weight excluding hydrogens is 266 g/mol. The van der Waals surface area contributed by atoms with E-state index >= 15 is 0 Å². The van der Waals surface area contributed by atoms with Crippen LogP contribution < -0.4 is 10.9 Å². The van der Waals surface area contributed by atoms with Crippen molar-refractivity contribution in [3.8, 4) is 0 Å². The van der Waals surface area contributed by atoms with Crippen LogP contribution in [0.15, 0.2) is 41.2 Å². The number of nitrogens with zero attached hydrogens (tertiary/aromatic N) is 2. The van der Waals surface area contributed by atoms with Crippen LogP contribution in [0.2, 0.25) is 0 Å². The molecule has 1 N–H and O–H groups in total. The van der Waals surface area contributed by atoms with E-state index in [0.29, 0.717) is 5.92 Å². The van der Waals surface area contributed by atoms with Crippen molar-refractivity contribution in [3.63, 3.8) is 0 Å². The summed E-state index contributed by atoms with van der Waals surface area (Å²) in [5.74, 6) is 0.211. The van der Waals surface area contributed by atoms with E-state index in [1.54, 1.807) is 6.07 Å². The van der Waals surface area contributed by atoms with Crippen molar-refractivity contribution < 1.29 is 4.79 Å². The van der Waals surface area contributed by atoms with Crippen molar-refractivity contribution in [2.45, 2.75) is 32.2 Å². The molecule has 3 rings (SSSR count). The lowest BCUT2D eigenvalue weighted by Crippen LogP contribution is -2.29. The highest BCUT2D eigenvalue weighted by Gasteiger charge is 2.25. The molecule has 1 aliphatic carbocycles. The van der Waals surface area contributed by atoms with E-state index in [1.165, 1.54) is 10.7 Å². The first-order valence-corrected chi connectivity index (χ1v) is 7.07. The van der Waals surface area contributed by atoms with Crippen LogP contribution in [-0.4, -0.2) is 15.7 Å². The number of amides is 1. The van der Waals surface area contributed by atoms with Gasteiger partial charge in [-0.25, -0.2) is 4.68 Å². The highest BCUT2D eigenvalue weighted by Crippen LogP contribution is 2.38. The van der Waals surface area contributed by atoms with Crippen LogP contribution >= 0.6 is 0 Å². The second-order valence-electron chi connectivity index (χ2n) is 5.39. The van der Waals surface area contributed by atoms with E-state index < -0.39 is 0 Å². The van der Waals surface area contributed by atoms with Crippen molar-refractivity contribution in [1.29, 1.82) is 0 Å². The zero-order valence-corrected chi connectivity index (χ0v) is 11.9. The molecule has 0 atom stereocenters.